The van der Waals surface area contributed by atoms with Crippen LogP contribution in [-0.4, -0.2) is 38.3 Å². The summed E-state index contributed by atoms with van der Waals surface area (Å²) < 4.78 is 1.77. The van der Waals surface area contributed by atoms with Gasteiger partial charge in [0.1, 0.15) is 12.7 Å². The van der Waals surface area contributed by atoms with Crippen LogP contribution >= 0.6 is 0 Å². The molecule has 6 nitrogen and oxygen atoms in total. The van der Waals surface area contributed by atoms with Crippen molar-refractivity contribution in [1.29, 1.82) is 0 Å². The van der Waals surface area contributed by atoms with Gasteiger partial charge < -0.3 is 10.2 Å². The van der Waals surface area contributed by atoms with E-state index in [4.69, 9.17) is 0 Å². The highest BCUT2D eigenvalue weighted by molar-refractivity contribution is 5.89. The Balaban J connectivity index is 1.43. The van der Waals surface area contributed by atoms with Gasteiger partial charge in [0, 0.05) is 18.3 Å². The van der Waals surface area contributed by atoms with Crippen LogP contribution in [0.4, 0.5) is 10.5 Å². The predicted molar refractivity (Wildman–Crippen MR) is 87.0 cm³/mol. The molecule has 2 amide bonds. The summed E-state index contributed by atoms with van der Waals surface area (Å²) in [6, 6.07) is 8.40. The number of amides is 2. The number of hydrogen-bond acceptors (Lipinski definition) is 3. The molecule has 3 fully saturated rings. The van der Waals surface area contributed by atoms with E-state index in [-0.39, 0.29) is 6.03 Å². The summed E-state index contributed by atoms with van der Waals surface area (Å²) in [5.41, 5.74) is 1.93. The second kappa shape index (κ2) is 6.02. The quantitative estimate of drug-likeness (QED) is 0.948. The first-order chi connectivity index (χ1) is 11.3. The molecule has 0 atom stereocenters. The van der Waals surface area contributed by atoms with Gasteiger partial charge in [0.2, 0.25) is 0 Å². The van der Waals surface area contributed by atoms with Crippen LogP contribution in [0.15, 0.2) is 36.9 Å². The molecule has 3 heterocycles. The van der Waals surface area contributed by atoms with Crippen LogP contribution < -0.4 is 5.32 Å². The molecule has 23 heavy (non-hydrogen) atoms. The largest absolute Gasteiger partial charge is 0.322 e. The molecule has 0 spiro atoms. The molecule has 1 aliphatic carbocycles. The van der Waals surface area contributed by atoms with Crippen molar-refractivity contribution in [3.05, 3.63) is 42.5 Å². The summed E-state index contributed by atoms with van der Waals surface area (Å²) in [6.45, 7) is 1.56. The Morgan fingerprint density at radius 1 is 1.26 bits per heavy atom. The van der Waals surface area contributed by atoms with Crippen LogP contribution in [0.25, 0.3) is 0 Å². The molecule has 6 heteroatoms. The molecular formula is C17H21N5O. The second-order valence-electron chi connectivity index (χ2n) is 6.55. The highest BCUT2D eigenvalue weighted by Gasteiger charge is 2.36. The minimum Gasteiger partial charge on any atom is -0.321 e. The number of fused-ring (bicyclic) bond motifs is 3. The van der Waals surface area contributed by atoms with E-state index in [2.05, 4.69) is 15.4 Å². The van der Waals surface area contributed by atoms with Crippen molar-refractivity contribution in [3.63, 3.8) is 0 Å². The zero-order valence-corrected chi connectivity index (χ0v) is 13.1. The minimum absolute atomic E-state index is 0.0392. The van der Waals surface area contributed by atoms with Crippen LogP contribution in [0.3, 0.4) is 0 Å². The summed E-state index contributed by atoms with van der Waals surface area (Å²) in [6.07, 6.45) is 8.09. The van der Waals surface area contributed by atoms with Crippen molar-refractivity contribution in [3.8, 4) is 0 Å². The Bertz CT molecular complexity index is 676. The smallest absolute Gasteiger partial charge is 0.321 e. The lowest BCUT2D eigenvalue weighted by Crippen LogP contribution is -2.52. The normalized spacial score (nSPS) is 23.0. The number of aromatic nitrogens is 3. The summed E-state index contributed by atoms with van der Waals surface area (Å²) >= 11 is 0. The van der Waals surface area contributed by atoms with Gasteiger partial charge in [-0.3, -0.25) is 0 Å². The number of nitrogens with one attached hydrogen (secondary N) is 1. The topological polar surface area (TPSA) is 63.1 Å². The number of anilines is 1. The van der Waals surface area contributed by atoms with E-state index in [0.717, 1.165) is 30.6 Å². The van der Waals surface area contributed by atoms with Gasteiger partial charge in [0.15, 0.2) is 0 Å². The maximum Gasteiger partial charge on any atom is 0.322 e. The van der Waals surface area contributed by atoms with E-state index >= 15 is 0 Å². The first-order valence-electron chi connectivity index (χ1n) is 8.27. The molecule has 0 unspecified atom stereocenters. The average Bonchev–Trinajstić information content (AvgIpc) is 3.09. The van der Waals surface area contributed by atoms with Crippen LogP contribution in [-0.2, 0) is 6.54 Å². The van der Waals surface area contributed by atoms with Crippen molar-refractivity contribution in [2.75, 3.05) is 11.9 Å². The van der Waals surface area contributed by atoms with Gasteiger partial charge in [-0.05, 0) is 49.3 Å². The third kappa shape index (κ3) is 3.06. The number of piperidine rings is 2. The van der Waals surface area contributed by atoms with E-state index in [1.807, 2.05) is 29.2 Å². The van der Waals surface area contributed by atoms with Crippen molar-refractivity contribution >= 4 is 11.7 Å². The Labute approximate surface area is 135 Å². The number of urea groups is 1. The molecule has 2 saturated heterocycles. The first kappa shape index (κ1) is 14.2. The molecule has 1 saturated carbocycles. The van der Waals surface area contributed by atoms with Gasteiger partial charge in [-0.1, -0.05) is 12.1 Å². The van der Waals surface area contributed by atoms with E-state index in [1.54, 1.807) is 11.0 Å². The average molecular weight is 311 g/mol. The molecular weight excluding hydrogens is 290 g/mol. The van der Waals surface area contributed by atoms with Crippen molar-refractivity contribution in [2.24, 2.45) is 5.92 Å². The minimum atomic E-state index is 0.0392. The molecule has 2 aliphatic heterocycles. The van der Waals surface area contributed by atoms with Crippen LogP contribution in [0.1, 0.15) is 31.2 Å². The van der Waals surface area contributed by atoms with Crippen molar-refractivity contribution in [1.82, 2.24) is 19.7 Å². The second-order valence-corrected chi connectivity index (χ2v) is 6.55. The van der Waals surface area contributed by atoms with Gasteiger partial charge in [-0.25, -0.2) is 14.5 Å². The molecule has 5 rings (SSSR count). The van der Waals surface area contributed by atoms with Gasteiger partial charge >= 0.3 is 6.03 Å². The van der Waals surface area contributed by atoms with Crippen LogP contribution in [0, 0.1) is 5.92 Å². The number of nitrogens with zero attached hydrogens (tertiary/aromatic N) is 4. The predicted octanol–water partition coefficient (Wildman–Crippen LogP) is 2.73. The first-order valence-corrected chi connectivity index (χ1v) is 8.27. The zero-order chi connectivity index (χ0) is 15.6. The van der Waals surface area contributed by atoms with Gasteiger partial charge in [0.25, 0.3) is 0 Å². The van der Waals surface area contributed by atoms with Crippen molar-refractivity contribution in [2.45, 2.75) is 38.3 Å². The fraction of sp³-hybridized carbons (Fsp3) is 0.471. The SMILES string of the molecule is O=C(Nc1cccc(Cn2cncn2)c1)N1CC2CCC1CC2. The summed E-state index contributed by atoms with van der Waals surface area (Å²) in [5, 5.41) is 7.17. The van der Waals surface area contributed by atoms with Gasteiger partial charge in [-0.2, -0.15) is 5.10 Å². The molecule has 3 aliphatic rings. The Hall–Kier alpha value is -2.37. The number of carbonyl (C=O) groups is 1. The molecule has 2 bridgehead atoms. The number of benzene rings is 1. The molecule has 120 valence electrons. The van der Waals surface area contributed by atoms with Crippen molar-refractivity contribution < 1.29 is 4.79 Å². The Kier molecular flexibility index (Phi) is 3.73. The highest BCUT2D eigenvalue weighted by Crippen LogP contribution is 2.35. The number of carbonyl (C=O) groups excluding carboxylic acids is 1. The lowest BCUT2D eigenvalue weighted by atomic mass is 9.80. The number of hydrogen-bond donors (Lipinski definition) is 1. The highest BCUT2D eigenvalue weighted by atomic mass is 16.2. The molecule has 2 aromatic rings. The van der Waals surface area contributed by atoms with Crippen LogP contribution in [0.5, 0.6) is 0 Å². The van der Waals surface area contributed by atoms with Gasteiger partial charge in [-0.15, -0.1) is 0 Å². The van der Waals surface area contributed by atoms with E-state index < -0.39 is 0 Å². The summed E-state index contributed by atoms with van der Waals surface area (Å²) in [4.78, 5) is 18.6. The summed E-state index contributed by atoms with van der Waals surface area (Å²) in [5.74, 6) is 0.699. The van der Waals surface area contributed by atoms with Crippen LogP contribution in [0.2, 0.25) is 0 Å². The van der Waals surface area contributed by atoms with E-state index in [9.17, 15) is 4.79 Å². The van der Waals surface area contributed by atoms with E-state index in [0.29, 0.717) is 18.5 Å². The molecule has 1 aromatic carbocycles. The monoisotopic (exact) mass is 311 g/mol. The lowest BCUT2D eigenvalue weighted by Gasteiger charge is -2.45. The fourth-order valence-corrected chi connectivity index (χ4v) is 3.76. The molecule has 1 aromatic heterocycles. The maximum absolute atomic E-state index is 12.6. The third-order valence-electron chi connectivity index (χ3n) is 4.96. The van der Waals surface area contributed by atoms with E-state index in [1.165, 1.54) is 19.2 Å². The fourth-order valence-electron chi connectivity index (χ4n) is 3.76. The maximum atomic E-state index is 12.6. The third-order valence-corrected chi connectivity index (χ3v) is 4.96. The number of rotatable bonds is 3. The summed E-state index contributed by atoms with van der Waals surface area (Å²) in [7, 11) is 0. The molecule has 0 radical (unpaired) electrons. The zero-order valence-electron chi connectivity index (χ0n) is 13.1. The Morgan fingerprint density at radius 3 is 2.83 bits per heavy atom. The lowest BCUT2D eigenvalue weighted by molar-refractivity contribution is 0.0816. The standard InChI is InChI=1S/C17H21N5O/c23-17(22-10-13-4-6-16(22)7-5-13)20-15-3-1-2-14(8-15)9-21-12-18-11-19-21/h1-3,8,11-13,16H,4-7,9-10H2,(H,20,23). The molecule has 1 N–H and O–H groups in total. The van der Waals surface area contributed by atoms with Gasteiger partial charge in [0.05, 0.1) is 6.54 Å². The Morgan fingerprint density at radius 2 is 2.13 bits per heavy atom.